The number of aryl methyl sites for hydroxylation is 1. The van der Waals surface area contributed by atoms with Gasteiger partial charge in [-0.15, -0.1) is 11.8 Å². The molecule has 2 heterocycles. The molecule has 2 unspecified atom stereocenters. The molecule has 0 aliphatic carbocycles. The first-order chi connectivity index (χ1) is 12.1. The van der Waals surface area contributed by atoms with E-state index in [0.717, 1.165) is 16.3 Å². The van der Waals surface area contributed by atoms with Crippen molar-refractivity contribution >= 4 is 39.3 Å². The SMILES string of the molecule is Cc1ccc(S(=O)(=O)N(C)C)cc1NC(=O)C1CSC2(C)CCC(=O)N12. The number of nitrogens with zero attached hydrogens (tertiary/aromatic N) is 2. The molecule has 2 aliphatic heterocycles. The van der Waals surface area contributed by atoms with Gasteiger partial charge in [0.2, 0.25) is 21.8 Å². The first-order valence-electron chi connectivity index (χ1n) is 8.36. The zero-order valence-corrected chi connectivity index (χ0v) is 16.9. The molecule has 2 fully saturated rings. The topological polar surface area (TPSA) is 86.8 Å². The van der Waals surface area contributed by atoms with Crippen LogP contribution in [-0.2, 0) is 19.6 Å². The lowest BCUT2D eigenvalue weighted by atomic mass is 10.1. The molecule has 1 N–H and O–H groups in total. The molecule has 0 radical (unpaired) electrons. The summed E-state index contributed by atoms with van der Waals surface area (Å²) in [5, 5.41) is 2.82. The fourth-order valence-electron chi connectivity index (χ4n) is 3.34. The van der Waals surface area contributed by atoms with Crippen molar-refractivity contribution in [3.63, 3.8) is 0 Å². The fourth-order valence-corrected chi connectivity index (χ4v) is 5.70. The van der Waals surface area contributed by atoms with Gasteiger partial charge in [-0.1, -0.05) is 6.07 Å². The number of thioether (sulfide) groups is 1. The van der Waals surface area contributed by atoms with E-state index >= 15 is 0 Å². The Morgan fingerprint density at radius 1 is 1.38 bits per heavy atom. The molecule has 26 heavy (non-hydrogen) atoms. The number of rotatable bonds is 4. The number of hydrogen-bond donors (Lipinski definition) is 1. The predicted octanol–water partition coefficient (Wildman–Crippen LogP) is 1.64. The zero-order chi connectivity index (χ0) is 19.3. The van der Waals surface area contributed by atoms with Crippen LogP contribution in [0.1, 0.15) is 25.3 Å². The number of carbonyl (C=O) groups is 2. The Bertz CT molecular complexity index is 869. The number of anilines is 1. The summed E-state index contributed by atoms with van der Waals surface area (Å²) in [6.45, 7) is 3.79. The molecule has 142 valence electrons. The van der Waals surface area contributed by atoms with Crippen LogP contribution in [0.5, 0.6) is 0 Å². The number of hydrogen-bond acceptors (Lipinski definition) is 5. The van der Waals surface area contributed by atoms with Crippen LogP contribution in [-0.4, -0.2) is 60.2 Å². The molecule has 7 nitrogen and oxygen atoms in total. The Morgan fingerprint density at radius 2 is 2.08 bits per heavy atom. The number of fused-ring (bicyclic) bond motifs is 1. The maximum absolute atomic E-state index is 12.8. The van der Waals surface area contributed by atoms with Gasteiger partial charge >= 0.3 is 0 Å². The Balaban J connectivity index is 1.85. The molecular formula is C17H23N3O4S2. The van der Waals surface area contributed by atoms with E-state index in [4.69, 9.17) is 0 Å². The molecule has 2 atom stereocenters. The summed E-state index contributed by atoms with van der Waals surface area (Å²) in [7, 11) is -0.668. The minimum atomic E-state index is -3.59. The van der Waals surface area contributed by atoms with E-state index in [-0.39, 0.29) is 21.6 Å². The summed E-state index contributed by atoms with van der Waals surface area (Å²) in [5.74, 6) is 0.264. The number of carbonyl (C=O) groups excluding carboxylic acids is 2. The lowest BCUT2D eigenvalue weighted by Gasteiger charge is -2.30. The normalized spacial score (nSPS) is 25.7. The molecule has 0 saturated carbocycles. The van der Waals surface area contributed by atoms with E-state index in [1.807, 2.05) is 6.92 Å². The van der Waals surface area contributed by atoms with E-state index in [0.29, 0.717) is 17.9 Å². The van der Waals surface area contributed by atoms with Crippen LogP contribution in [0.4, 0.5) is 5.69 Å². The van der Waals surface area contributed by atoms with E-state index in [2.05, 4.69) is 5.32 Å². The number of benzene rings is 1. The molecule has 1 aromatic carbocycles. The second-order valence-electron chi connectivity index (χ2n) is 7.02. The van der Waals surface area contributed by atoms with Crippen LogP contribution in [0, 0.1) is 6.92 Å². The van der Waals surface area contributed by atoms with Crippen molar-refractivity contribution in [2.75, 3.05) is 25.2 Å². The van der Waals surface area contributed by atoms with Crippen molar-refractivity contribution in [3.8, 4) is 0 Å². The molecule has 1 aromatic rings. The highest BCUT2D eigenvalue weighted by Crippen LogP contribution is 2.47. The first kappa shape index (κ1) is 19.2. The maximum atomic E-state index is 12.8. The van der Waals surface area contributed by atoms with E-state index in [9.17, 15) is 18.0 Å². The van der Waals surface area contributed by atoms with Crippen molar-refractivity contribution in [1.29, 1.82) is 0 Å². The minimum Gasteiger partial charge on any atom is -0.324 e. The van der Waals surface area contributed by atoms with Crippen molar-refractivity contribution in [2.24, 2.45) is 0 Å². The van der Waals surface area contributed by atoms with Crippen molar-refractivity contribution < 1.29 is 18.0 Å². The van der Waals surface area contributed by atoms with Gasteiger partial charge in [-0.25, -0.2) is 12.7 Å². The molecule has 2 saturated heterocycles. The predicted molar refractivity (Wildman–Crippen MR) is 101 cm³/mol. The summed E-state index contributed by atoms with van der Waals surface area (Å²) >= 11 is 1.62. The van der Waals surface area contributed by atoms with Gasteiger partial charge in [0, 0.05) is 32.0 Å². The smallest absolute Gasteiger partial charge is 0.248 e. The Morgan fingerprint density at radius 3 is 2.73 bits per heavy atom. The van der Waals surface area contributed by atoms with Crippen molar-refractivity contribution in [2.45, 2.75) is 42.5 Å². The van der Waals surface area contributed by atoms with Gasteiger partial charge in [-0.3, -0.25) is 9.59 Å². The number of sulfonamides is 1. The quantitative estimate of drug-likeness (QED) is 0.835. The molecule has 0 aromatic heterocycles. The first-order valence-corrected chi connectivity index (χ1v) is 10.8. The monoisotopic (exact) mass is 397 g/mol. The van der Waals surface area contributed by atoms with Crippen LogP contribution in [0.3, 0.4) is 0 Å². The molecule has 0 spiro atoms. The summed E-state index contributed by atoms with van der Waals surface area (Å²) in [5.41, 5.74) is 1.21. The van der Waals surface area contributed by atoms with Gasteiger partial charge in [-0.05, 0) is 38.0 Å². The second kappa shape index (κ2) is 6.54. The van der Waals surface area contributed by atoms with Gasteiger partial charge in [0.25, 0.3) is 0 Å². The fraction of sp³-hybridized carbons (Fsp3) is 0.529. The highest BCUT2D eigenvalue weighted by molar-refractivity contribution is 8.01. The molecule has 9 heteroatoms. The van der Waals surface area contributed by atoms with E-state index < -0.39 is 16.1 Å². The highest BCUT2D eigenvalue weighted by atomic mass is 32.2. The lowest BCUT2D eigenvalue weighted by Crippen LogP contribution is -2.48. The lowest BCUT2D eigenvalue weighted by molar-refractivity contribution is -0.135. The maximum Gasteiger partial charge on any atom is 0.248 e. The van der Waals surface area contributed by atoms with Gasteiger partial charge in [0.1, 0.15) is 6.04 Å². The molecule has 2 aliphatic rings. The van der Waals surface area contributed by atoms with Gasteiger partial charge in [-0.2, -0.15) is 0 Å². The van der Waals surface area contributed by atoms with E-state index in [1.54, 1.807) is 29.7 Å². The van der Waals surface area contributed by atoms with Gasteiger partial charge in [0.05, 0.1) is 9.77 Å². The Hall–Kier alpha value is -1.58. The van der Waals surface area contributed by atoms with Crippen molar-refractivity contribution in [1.82, 2.24) is 9.21 Å². The highest BCUT2D eigenvalue weighted by Gasteiger charge is 2.52. The number of nitrogens with one attached hydrogen (secondary N) is 1. The molecular weight excluding hydrogens is 374 g/mol. The molecule has 3 rings (SSSR count). The third-order valence-corrected chi connectivity index (χ3v) is 8.31. The second-order valence-corrected chi connectivity index (χ2v) is 10.7. The van der Waals surface area contributed by atoms with Gasteiger partial charge in [0.15, 0.2) is 0 Å². The van der Waals surface area contributed by atoms with Crippen LogP contribution in [0.2, 0.25) is 0 Å². The van der Waals surface area contributed by atoms with Crippen LogP contribution in [0.25, 0.3) is 0 Å². The van der Waals surface area contributed by atoms with Gasteiger partial charge < -0.3 is 10.2 Å². The average molecular weight is 398 g/mol. The third-order valence-electron chi connectivity index (χ3n) is 4.99. The summed E-state index contributed by atoms with van der Waals surface area (Å²) in [4.78, 5) is 26.5. The van der Waals surface area contributed by atoms with E-state index in [1.165, 1.54) is 26.2 Å². The molecule has 0 bridgehead atoms. The van der Waals surface area contributed by atoms with Crippen LogP contribution >= 0.6 is 11.8 Å². The summed E-state index contributed by atoms with van der Waals surface area (Å²) < 4.78 is 25.8. The number of amides is 2. The Labute approximate surface area is 158 Å². The van der Waals surface area contributed by atoms with Crippen LogP contribution in [0.15, 0.2) is 23.1 Å². The van der Waals surface area contributed by atoms with Crippen LogP contribution < -0.4 is 5.32 Å². The summed E-state index contributed by atoms with van der Waals surface area (Å²) in [6, 6.07) is 4.12. The molecule has 2 amide bonds. The van der Waals surface area contributed by atoms with Crippen molar-refractivity contribution in [3.05, 3.63) is 23.8 Å². The third kappa shape index (κ3) is 3.12. The zero-order valence-electron chi connectivity index (χ0n) is 15.3. The standard InChI is InChI=1S/C17H23N3O4S2/c1-11-5-6-12(26(23,24)19(3)4)9-13(11)18-16(22)14-10-25-17(2)8-7-15(21)20(14)17/h5-6,9,14H,7-8,10H2,1-4H3,(H,18,22). The summed E-state index contributed by atoms with van der Waals surface area (Å²) in [6.07, 6.45) is 1.21. The average Bonchev–Trinajstić information content (AvgIpc) is 3.05. The minimum absolute atomic E-state index is 0.00157. The largest absolute Gasteiger partial charge is 0.324 e. The Kier molecular flexibility index (Phi) is 4.83.